The molecule has 3 atom stereocenters. The first kappa shape index (κ1) is 16.0. The standard InChI is InChI=1S/C16H25N5O2/c1-11-12(8-10-23-11)17-16(22)21-9-4-5-14(21)13-6-7-15(19-18-13)20(2)3/h6-7,11-12,14H,4-5,8-10H2,1-3H3,(H,17,22)/t11-,12-,14?/m1/s1. The Bertz CT molecular complexity index is 548. The number of anilines is 1. The largest absolute Gasteiger partial charge is 0.376 e. The predicted molar refractivity (Wildman–Crippen MR) is 87.4 cm³/mol. The van der Waals surface area contributed by atoms with E-state index in [0.29, 0.717) is 6.61 Å². The van der Waals surface area contributed by atoms with E-state index >= 15 is 0 Å². The third-order valence-electron chi connectivity index (χ3n) is 4.67. The summed E-state index contributed by atoms with van der Waals surface area (Å²) in [5.74, 6) is 0.819. The zero-order chi connectivity index (χ0) is 16.4. The van der Waals surface area contributed by atoms with Crippen molar-refractivity contribution in [2.24, 2.45) is 0 Å². The van der Waals surface area contributed by atoms with Gasteiger partial charge in [0.1, 0.15) is 0 Å². The zero-order valence-electron chi connectivity index (χ0n) is 14.0. The van der Waals surface area contributed by atoms with Crippen LogP contribution in [0.25, 0.3) is 0 Å². The lowest BCUT2D eigenvalue weighted by molar-refractivity contribution is 0.111. The number of nitrogens with one attached hydrogen (secondary N) is 1. The molecule has 2 amide bonds. The summed E-state index contributed by atoms with van der Waals surface area (Å²) < 4.78 is 5.52. The topological polar surface area (TPSA) is 70.6 Å². The Hall–Kier alpha value is -1.89. The van der Waals surface area contributed by atoms with Gasteiger partial charge in [0, 0.05) is 27.2 Å². The number of urea groups is 1. The molecule has 0 aromatic carbocycles. The Labute approximate surface area is 137 Å². The summed E-state index contributed by atoms with van der Waals surface area (Å²) in [5.41, 5.74) is 0.860. The third kappa shape index (κ3) is 3.39. The van der Waals surface area contributed by atoms with E-state index in [1.807, 2.05) is 43.0 Å². The molecule has 2 aliphatic heterocycles. The van der Waals surface area contributed by atoms with Crippen LogP contribution in [0.1, 0.15) is 37.9 Å². The molecule has 0 spiro atoms. The van der Waals surface area contributed by atoms with Crippen LogP contribution in [0.4, 0.5) is 10.6 Å². The van der Waals surface area contributed by atoms with Gasteiger partial charge < -0.3 is 19.9 Å². The van der Waals surface area contributed by atoms with E-state index < -0.39 is 0 Å². The van der Waals surface area contributed by atoms with Gasteiger partial charge in [-0.2, -0.15) is 5.10 Å². The van der Waals surface area contributed by atoms with E-state index in [4.69, 9.17) is 4.74 Å². The summed E-state index contributed by atoms with van der Waals surface area (Å²) in [7, 11) is 3.87. The van der Waals surface area contributed by atoms with Gasteiger partial charge in [-0.15, -0.1) is 5.10 Å². The fraction of sp³-hybridized carbons (Fsp3) is 0.688. The van der Waals surface area contributed by atoms with Crippen LogP contribution in [0.5, 0.6) is 0 Å². The fourth-order valence-electron chi connectivity index (χ4n) is 3.23. The molecule has 3 heterocycles. The first-order chi connectivity index (χ1) is 11.1. The van der Waals surface area contributed by atoms with Crippen molar-refractivity contribution in [1.82, 2.24) is 20.4 Å². The number of hydrogen-bond donors (Lipinski definition) is 1. The summed E-state index contributed by atoms with van der Waals surface area (Å²) in [6.45, 7) is 3.48. The van der Waals surface area contributed by atoms with Crippen LogP contribution in [0.15, 0.2) is 12.1 Å². The molecular weight excluding hydrogens is 294 g/mol. The minimum absolute atomic E-state index is 0.0105. The van der Waals surface area contributed by atoms with Crippen LogP contribution in [-0.4, -0.2) is 60.5 Å². The minimum Gasteiger partial charge on any atom is -0.376 e. The van der Waals surface area contributed by atoms with Crippen LogP contribution in [-0.2, 0) is 4.74 Å². The quantitative estimate of drug-likeness (QED) is 0.915. The van der Waals surface area contributed by atoms with Crippen molar-refractivity contribution in [2.45, 2.75) is 44.4 Å². The Morgan fingerprint density at radius 2 is 2.17 bits per heavy atom. The highest BCUT2D eigenvalue weighted by Gasteiger charge is 2.34. The van der Waals surface area contributed by atoms with Gasteiger partial charge in [-0.05, 0) is 38.3 Å². The molecule has 1 aromatic heterocycles. The van der Waals surface area contributed by atoms with Crippen molar-refractivity contribution in [2.75, 3.05) is 32.1 Å². The third-order valence-corrected chi connectivity index (χ3v) is 4.67. The number of rotatable bonds is 3. The molecule has 2 aliphatic rings. The number of amides is 2. The van der Waals surface area contributed by atoms with Gasteiger partial charge >= 0.3 is 6.03 Å². The number of carbonyl (C=O) groups is 1. The van der Waals surface area contributed by atoms with E-state index in [0.717, 1.165) is 37.3 Å². The normalized spacial score (nSPS) is 27.3. The summed E-state index contributed by atoms with van der Waals surface area (Å²) >= 11 is 0. The number of likely N-dealkylation sites (tertiary alicyclic amines) is 1. The molecule has 2 fully saturated rings. The first-order valence-electron chi connectivity index (χ1n) is 8.26. The fourth-order valence-corrected chi connectivity index (χ4v) is 3.23. The second-order valence-corrected chi connectivity index (χ2v) is 6.48. The van der Waals surface area contributed by atoms with Crippen molar-refractivity contribution in [3.8, 4) is 0 Å². The van der Waals surface area contributed by atoms with Crippen molar-refractivity contribution < 1.29 is 9.53 Å². The molecular formula is C16H25N5O2. The Morgan fingerprint density at radius 3 is 2.78 bits per heavy atom. The monoisotopic (exact) mass is 319 g/mol. The van der Waals surface area contributed by atoms with E-state index in [1.165, 1.54) is 0 Å². The number of ether oxygens (including phenoxy) is 1. The maximum Gasteiger partial charge on any atom is 0.318 e. The molecule has 1 N–H and O–H groups in total. The van der Waals surface area contributed by atoms with E-state index in [9.17, 15) is 4.79 Å². The number of nitrogens with zero attached hydrogens (tertiary/aromatic N) is 4. The molecule has 23 heavy (non-hydrogen) atoms. The van der Waals surface area contributed by atoms with Gasteiger partial charge in [-0.1, -0.05) is 0 Å². The summed E-state index contributed by atoms with van der Waals surface area (Å²) in [5, 5.41) is 11.7. The average molecular weight is 319 g/mol. The molecule has 7 nitrogen and oxygen atoms in total. The molecule has 0 saturated carbocycles. The molecule has 2 saturated heterocycles. The number of aromatic nitrogens is 2. The predicted octanol–water partition coefficient (Wildman–Crippen LogP) is 1.57. The van der Waals surface area contributed by atoms with Crippen LogP contribution in [0.3, 0.4) is 0 Å². The van der Waals surface area contributed by atoms with E-state index in [2.05, 4.69) is 15.5 Å². The molecule has 0 radical (unpaired) electrons. The maximum atomic E-state index is 12.6. The molecule has 0 aliphatic carbocycles. The van der Waals surface area contributed by atoms with Gasteiger partial charge in [0.2, 0.25) is 0 Å². The van der Waals surface area contributed by atoms with E-state index in [-0.39, 0.29) is 24.2 Å². The maximum absolute atomic E-state index is 12.6. The Balaban J connectivity index is 1.68. The number of hydrogen-bond acceptors (Lipinski definition) is 5. The van der Waals surface area contributed by atoms with Crippen LogP contribution < -0.4 is 10.2 Å². The SMILES string of the molecule is C[C@H]1OCC[C@H]1NC(=O)N1CCCC1c1ccc(N(C)C)nn1. The average Bonchev–Trinajstić information content (AvgIpc) is 3.17. The van der Waals surface area contributed by atoms with Gasteiger partial charge in [0.05, 0.1) is 23.9 Å². The van der Waals surface area contributed by atoms with Gasteiger partial charge in [-0.25, -0.2) is 4.79 Å². The van der Waals surface area contributed by atoms with Crippen LogP contribution in [0, 0.1) is 0 Å². The molecule has 3 rings (SSSR count). The summed E-state index contributed by atoms with van der Waals surface area (Å²) in [6, 6.07) is 4.01. The van der Waals surface area contributed by atoms with Gasteiger partial charge in [0.25, 0.3) is 0 Å². The van der Waals surface area contributed by atoms with Crippen molar-refractivity contribution in [3.63, 3.8) is 0 Å². The lowest BCUT2D eigenvalue weighted by Gasteiger charge is -2.27. The van der Waals surface area contributed by atoms with Crippen LogP contribution >= 0.6 is 0 Å². The Kier molecular flexibility index (Phi) is 4.66. The van der Waals surface area contributed by atoms with E-state index in [1.54, 1.807) is 0 Å². The highest BCUT2D eigenvalue weighted by molar-refractivity contribution is 5.75. The van der Waals surface area contributed by atoms with Crippen LogP contribution in [0.2, 0.25) is 0 Å². The van der Waals surface area contributed by atoms with Gasteiger partial charge in [0.15, 0.2) is 5.82 Å². The molecule has 7 heteroatoms. The van der Waals surface area contributed by atoms with Crippen molar-refractivity contribution in [1.29, 1.82) is 0 Å². The number of carbonyl (C=O) groups excluding carboxylic acids is 1. The first-order valence-corrected chi connectivity index (χ1v) is 8.26. The second-order valence-electron chi connectivity index (χ2n) is 6.48. The van der Waals surface area contributed by atoms with Crippen molar-refractivity contribution >= 4 is 11.8 Å². The lowest BCUT2D eigenvalue weighted by atomic mass is 10.1. The second kappa shape index (κ2) is 6.70. The summed E-state index contributed by atoms with van der Waals surface area (Å²) in [6.07, 6.45) is 2.88. The molecule has 0 bridgehead atoms. The smallest absolute Gasteiger partial charge is 0.318 e. The minimum atomic E-state index is -0.0201. The highest BCUT2D eigenvalue weighted by atomic mass is 16.5. The lowest BCUT2D eigenvalue weighted by Crippen LogP contribution is -2.46. The van der Waals surface area contributed by atoms with Crippen molar-refractivity contribution in [3.05, 3.63) is 17.8 Å². The molecule has 126 valence electrons. The highest BCUT2D eigenvalue weighted by Crippen LogP contribution is 2.31. The zero-order valence-corrected chi connectivity index (χ0v) is 14.0. The summed E-state index contributed by atoms with van der Waals surface area (Å²) in [4.78, 5) is 16.4. The molecule has 1 unspecified atom stereocenters. The molecule has 1 aromatic rings. The Morgan fingerprint density at radius 1 is 1.35 bits per heavy atom. The van der Waals surface area contributed by atoms with Gasteiger partial charge in [-0.3, -0.25) is 0 Å².